The van der Waals surface area contributed by atoms with Crippen molar-refractivity contribution >= 4 is 28.8 Å². The third-order valence-electron chi connectivity index (χ3n) is 7.15. The summed E-state index contributed by atoms with van der Waals surface area (Å²) in [6.45, 7) is 11.0. The Kier molecular flexibility index (Phi) is 6.52. The molecule has 1 saturated heterocycles. The maximum Gasteiger partial charge on any atom is 0.207 e. The molecule has 3 aromatic carbocycles. The molecule has 0 spiro atoms. The van der Waals surface area contributed by atoms with Gasteiger partial charge in [-0.3, -0.25) is 4.79 Å². The fraction of sp³-hybridized carbons (Fsp3) is 0.333. The van der Waals surface area contributed by atoms with E-state index in [-0.39, 0.29) is 24.1 Å². The molecule has 6 heteroatoms. The maximum absolute atomic E-state index is 15.1. The number of rotatable bonds is 4. The van der Waals surface area contributed by atoms with Gasteiger partial charge in [0.2, 0.25) is 5.96 Å². The number of fused-ring (bicyclic) bond motifs is 1. The van der Waals surface area contributed by atoms with E-state index in [4.69, 9.17) is 4.99 Å². The fourth-order valence-electron chi connectivity index (χ4n) is 5.29. The molecule has 2 aliphatic rings. The van der Waals surface area contributed by atoms with Gasteiger partial charge in [0.15, 0.2) is 0 Å². The molecule has 1 atom stereocenters. The van der Waals surface area contributed by atoms with Crippen LogP contribution in [-0.2, 0) is 4.79 Å². The monoisotopic (exact) mass is 484 g/mol. The van der Waals surface area contributed by atoms with E-state index in [0.717, 1.165) is 54.5 Å². The number of anilines is 2. The summed E-state index contributed by atoms with van der Waals surface area (Å²) in [7, 11) is 0. The molecule has 5 rings (SSSR count). The van der Waals surface area contributed by atoms with Gasteiger partial charge in [0.1, 0.15) is 17.3 Å². The molecule has 2 heterocycles. The van der Waals surface area contributed by atoms with Crippen LogP contribution >= 0.6 is 0 Å². The standard InChI is InChI=1S/C30H33FN4O/c1-20-7-5-8-24(17-20)33-13-15-34(16-14-33)30-32-29-25(9-6-10-26(29)31)28(19-23(4)36)35(30)27-18-21(2)11-12-22(27)3/h5-12,17-18,28H,13-16,19H2,1-4H3. The molecule has 0 amide bonds. The number of benzene rings is 3. The molecule has 1 fully saturated rings. The Hall–Kier alpha value is -3.67. The van der Waals surface area contributed by atoms with E-state index in [1.807, 2.05) is 6.07 Å². The Balaban J connectivity index is 1.57. The van der Waals surface area contributed by atoms with Crippen molar-refractivity contribution in [2.24, 2.45) is 4.99 Å². The summed E-state index contributed by atoms with van der Waals surface area (Å²) in [5.41, 5.74) is 6.81. The normalized spacial score (nSPS) is 17.6. The number of Topliss-reactive ketones (excluding diaryl/α,β-unsaturated/α-hetero) is 1. The topological polar surface area (TPSA) is 39.2 Å². The molecule has 1 unspecified atom stereocenters. The van der Waals surface area contributed by atoms with Crippen LogP contribution in [0, 0.1) is 26.6 Å². The van der Waals surface area contributed by atoms with Crippen molar-refractivity contribution in [1.82, 2.24) is 4.90 Å². The molecular weight excluding hydrogens is 451 g/mol. The molecule has 0 radical (unpaired) electrons. The number of ketones is 1. The number of guanidine groups is 1. The van der Waals surface area contributed by atoms with Gasteiger partial charge < -0.3 is 14.7 Å². The molecule has 0 bridgehead atoms. The second-order valence-electron chi connectivity index (χ2n) is 9.98. The first-order valence-electron chi connectivity index (χ1n) is 12.6. The van der Waals surface area contributed by atoms with E-state index in [1.54, 1.807) is 13.0 Å². The van der Waals surface area contributed by atoms with Crippen LogP contribution in [0.4, 0.5) is 21.5 Å². The number of piperazine rings is 1. The van der Waals surface area contributed by atoms with Crippen LogP contribution < -0.4 is 9.80 Å². The molecular formula is C30H33FN4O. The summed E-state index contributed by atoms with van der Waals surface area (Å²) in [4.78, 5) is 24.2. The average Bonchev–Trinajstić information content (AvgIpc) is 2.86. The molecule has 0 saturated carbocycles. The molecule has 0 aliphatic carbocycles. The second kappa shape index (κ2) is 9.76. The highest BCUT2D eigenvalue weighted by Crippen LogP contribution is 2.43. The fourth-order valence-corrected chi connectivity index (χ4v) is 5.29. The highest BCUT2D eigenvalue weighted by Gasteiger charge is 2.37. The Bertz CT molecular complexity index is 1330. The minimum absolute atomic E-state index is 0.0658. The van der Waals surface area contributed by atoms with E-state index in [2.05, 4.69) is 77.9 Å². The van der Waals surface area contributed by atoms with Crippen molar-refractivity contribution < 1.29 is 9.18 Å². The van der Waals surface area contributed by atoms with Crippen molar-refractivity contribution in [3.8, 4) is 0 Å². The Morgan fingerprint density at radius 3 is 2.33 bits per heavy atom. The van der Waals surface area contributed by atoms with Crippen molar-refractivity contribution in [1.29, 1.82) is 0 Å². The zero-order chi connectivity index (χ0) is 25.4. The van der Waals surface area contributed by atoms with Crippen LogP contribution in [0.2, 0.25) is 0 Å². The van der Waals surface area contributed by atoms with Crippen molar-refractivity contribution in [2.45, 2.75) is 40.2 Å². The predicted molar refractivity (Wildman–Crippen MR) is 145 cm³/mol. The van der Waals surface area contributed by atoms with E-state index in [1.165, 1.54) is 17.3 Å². The summed E-state index contributed by atoms with van der Waals surface area (Å²) >= 11 is 0. The van der Waals surface area contributed by atoms with E-state index in [9.17, 15) is 4.79 Å². The molecule has 0 aromatic heterocycles. The number of hydrogen-bond acceptors (Lipinski definition) is 5. The van der Waals surface area contributed by atoms with Gasteiger partial charge in [0, 0.05) is 49.5 Å². The van der Waals surface area contributed by atoms with Crippen LogP contribution in [0.15, 0.2) is 65.7 Å². The molecule has 36 heavy (non-hydrogen) atoms. The average molecular weight is 485 g/mol. The Morgan fingerprint density at radius 2 is 1.61 bits per heavy atom. The summed E-state index contributed by atoms with van der Waals surface area (Å²) in [5, 5.41) is 0. The lowest BCUT2D eigenvalue weighted by Crippen LogP contribution is -2.55. The number of hydrogen-bond donors (Lipinski definition) is 0. The van der Waals surface area contributed by atoms with Crippen LogP contribution in [0.3, 0.4) is 0 Å². The third-order valence-corrected chi connectivity index (χ3v) is 7.15. The zero-order valence-electron chi connectivity index (χ0n) is 21.5. The summed E-state index contributed by atoms with van der Waals surface area (Å²) in [5.74, 6) is 0.435. The van der Waals surface area contributed by atoms with Crippen molar-refractivity contribution in [3.05, 3.63) is 88.7 Å². The van der Waals surface area contributed by atoms with Gasteiger partial charge in [-0.15, -0.1) is 0 Å². The SMILES string of the molecule is CC(=O)CC1c2cccc(F)c2N=C(N2CCN(c3cccc(C)c3)CC2)N1c1cc(C)ccc1C. The number of halogens is 1. The summed E-state index contributed by atoms with van der Waals surface area (Å²) < 4.78 is 15.1. The zero-order valence-corrected chi connectivity index (χ0v) is 21.5. The smallest absolute Gasteiger partial charge is 0.207 e. The Morgan fingerprint density at radius 1 is 0.917 bits per heavy atom. The van der Waals surface area contributed by atoms with Crippen LogP contribution in [0.25, 0.3) is 0 Å². The largest absolute Gasteiger partial charge is 0.368 e. The number of carbonyl (C=O) groups is 1. The van der Waals surface area contributed by atoms with Crippen LogP contribution in [-0.4, -0.2) is 42.8 Å². The lowest BCUT2D eigenvalue weighted by atomic mass is 9.95. The van der Waals surface area contributed by atoms with Gasteiger partial charge in [-0.25, -0.2) is 9.38 Å². The highest BCUT2D eigenvalue weighted by molar-refractivity contribution is 6.02. The first kappa shape index (κ1) is 24.0. The lowest BCUT2D eigenvalue weighted by Gasteiger charge is -2.45. The van der Waals surface area contributed by atoms with Gasteiger partial charge in [-0.2, -0.15) is 0 Å². The van der Waals surface area contributed by atoms with E-state index in [0.29, 0.717) is 5.69 Å². The summed E-state index contributed by atoms with van der Waals surface area (Å²) in [6, 6.07) is 19.6. The number of aliphatic imine (C=N–C) groups is 1. The number of nitrogens with zero attached hydrogens (tertiary/aromatic N) is 4. The van der Waals surface area contributed by atoms with Crippen LogP contribution in [0.5, 0.6) is 0 Å². The van der Waals surface area contributed by atoms with Gasteiger partial charge in [-0.1, -0.05) is 36.4 Å². The Labute approximate surface area is 212 Å². The maximum atomic E-state index is 15.1. The van der Waals surface area contributed by atoms with E-state index < -0.39 is 0 Å². The van der Waals surface area contributed by atoms with Crippen molar-refractivity contribution in [2.75, 3.05) is 36.0 Å². The second-order valence-corrected chi connectivity index (χ2v) is 9.98. The molecule has 5 nitrogen and oxygen atoms in total. The quantitative estimate of drug-likeness (QED) is 0.449. The van der Waals surface area contributed by atoms with Gasteiger partial charge in [-0.05, 0) is 68.7 Å². The number of aryl methyl sites for hydroxylation is 3. The number of carbonyl (C=O) groups excluding carboxylic acids is 1. The first-order chi connectivity index (χ1) is 17.3. The molecule has 3 aromatic rings. The molecule has 186 valence electrons. The third kappa shape index (κ3) is 4.60. The van der Waals surface area contributed by atoms with E-state index >= 15 is 4.39 Å². The van der Waals surface area contributed by atoms with Crippen molar-refractivity contribution in [3.63, 3.8) is 0 Å². The summed E-state index contributed by atoms with van der Waals surface area (Å²) in [6.07, 6.45) is 0.284. The van der Waals surface area contributed by atoms with Gasteiger partial charge >= 0.3 is 0 Å². The first-order valence-corrected chi connectivity index (χ1v) is 12.6. The van der Waals surface area contributed by atoms with Gasteiger partial charge in [0.25, 0.3) is 0 Å². The lowest BCUT2D eigenvalue weighted by molar-refractivity contribution is -0.117. The highest BCUT2D eigenvalue weighted by atomic mass is 19.1. The minimum Gasteiger partial charge on any atom is -0.368 e. The predicted octanol–water partition coefficient (Wildman–Crippen LogP) is 6.10. The molecule has 2 aliphatic heterocycles. The number of para-hydroxylation sites is 1. The minimum atomic E-state index is -0.349. The molecule has 0 N–H and O–H groups in total. The van der Waals surface area contributed by atoms with Crippen LogP contribution in [0.1, 0.15) is 41.6 Å². The van der Waals surface area contributed by atoms with Gasteiger partial charge in [0.05, 0.1) is 6.04 Å².